The summed E-state index contributed by atoms with van der Waals surface area (Å²) < 4.78 is 0. The van der Waals surface area contributed by atoms with Gasteiger partial charge < -0.3 is 11.5 Å². The number of rotatable bonds is 4. The Hall–Kier alpha value is -2.61. The van der Waals surface area contributed by atoms with Gasteiger partial charge in [0, 0.05) is 14.1 Å². The second-order valence-electron chi connectivity index (χ2n) is 4.41. The van der Waals surface area contributed by atoms with Crippen LogP contribution in [0.2, 0.25) is 0 Å². The van der Waals surface area contributed by atoms with Crippen LogP contribution in [0.1, 0.15) is 25.0 Å². The molecule has 0 aromatic heterocycles. The molecule has 126 valence electrons. The van der Waals surface area contributed by atoms with Crippen LogP contribution < -0.4 is 22.3 Å². The van der Waals surface area contributed by atoms with Gasteiger partial charge in [-0.2, -0.15) is 10.2 Å². The molecular formula is C14H23ClN8. The molecule has 9 heteroatoms. The van der Waals surface area contributed by atoms with Crippen LogP contribution in [0.4, 0.5) is 0 Å². The number of guanidine groups is 2. The lowest BCUT2D eigenvalue weighted by Gasteiger charge is -2.05. The normalized spacial score (nSPS) is 13.4. The van der Waals surface area contributed by atoms with Gasteiger partial charge in [0.2, 0.25) is 11.9 Å². The van der Waals surface area contributed by atoms with E-state index in [2.05, 4.69) is 31.0 Å². The Kier molecular flexibility index (Phi) is 9.02. The first-order valence-corrected chi connectivity index (χ1v) is 6.63. The predicted octanol–water partition coefficient (Wildman–Crippen LogP) is 0.625. The molecule has 0 bridgehead atoms. The Morgan fingerprint density at radius 2 is 1.09 bits per heavy atom. The van der Waals surface area contributed by atoms with Gasteiger partial charge in [0.1, 0.15) is 0 Å². The van der Waals surface area contributed by atoms with Crippen LogP contribution in [0.15, 0.2) is 44.5 Å². The lowest BCUT2D eigenvalue weighted by molar-refractivity contribution is 0.996. The number of nitrogens with zero attached hydrogens (tertiary/aromatic N) is 4. The Bertz CT molecular complexity index is 561. The van der Waals surface area contributed by atoms with Crippen LogP contribution in [0.25, 0.3) is 0 Å². The second-order valence-corrected chi connectivity index (χ2v) is 4.41. The summed E-state index contributed by atoms with van der Waals surface area (Å²) in [6, 6.07) is 7.80. The van der Waals surface area contributed by atoms with Crippen molar-refractivity contribution in [2.24, 2.45) is 31.7 Å². The monoisotopic (exact) mass is 338 g/mol. The molecule has 0 saturated carbocycles. The molecule has 1 aromatic rings. The van der Waals surface area contributed by atoms with Crippen molar-refractivity contribution in [3.8, 4) is 0 Å². The number of aliphatic imine (C=N–C) groups is 2. The summed E-state index contributed by atoms with van der Waals surface area (Å²) in [7, 11) is 3.18. The summed E-state index contributed by atoms with van der Waals surface area (Å²) >= 11 is 0. The summed E-state index contributed by atoms with van der Waals surface area (Å²) in [4.78, 5) is 7.53. The molecule has 0 saturated heterocycles. The lowest BCUT2D eigenvalue weighted by Crippen LogP contribution is -2.28. The third kappa shape index (κ3) is 6.79. The minimum atomic E-state index is 0. The Morgan fingerprint density at radius 3 is 1.35 bits per heavy atom. The smallest absolute Gasteiger partial charge is 0.209 e. The van der Waals surface area contributed by atoms with Gasteiger partial charge in [0.05, 0.1) is 11.4 Å². The lowest BCUT2D eigenvalue weighted by atomic mass is 10.1. The maximum absolute atomic E-state index is 5.52. The van der Waals surface area contributed by atoms with Gasteiger partial charge >= 0.3 is 0 Å². The van der Waals surface area contributed by atoms with Crippen molar-refractivity contribution in [2.45, 2.75) is 13.8 Å². The fraction of sp³-hybridized carbons (Fsp3) is 0.286. The first-order chi connectivity index (χ1) is 10.5. The van der Waals surface area contributed by atoms with Gasteiger partial charge in [-0.15, -0.1) is 12.4 Å². The zero-order valence-corrected chi connectivity index (χ0v) is 14.5. The topological polar surface area (TPSA) is 126 Å². The first kappa shape index (κ1) is 20.4. The van der Waals surface area contributed by atoms with Crippen LogP contribution in [0, 0.1) is 0 Å². The summed E-state index contributed by atoms with van der Waals surface area (Å²) in [5.41, 5.74) is 19.9. The van der Waals surface area contributed by atoms with Gasteiger partial charge in [-0.1, -0.05) is 24.3 Å². The van der Waals surface area contributed by atoms with E-state index >= 15 is 0 Å². The molecule has 8 nitrogen and oxygen atoms in total. The molecule has 0 aliphatic rings. The van der Waals surface area contributed by atoms with Crippen LogP contribution in [-0.2, 0) is 0 Å². The average Bonchev–Trinajstić information content (AvgIpc) is 2.56. The van der Waals surface area contributed by atoms with E-state index in [9.17, 15) is 0 Å². The minimum absolute atomic E-state index is 0. The highest BCUT2D eigenvalue weighted by Crippen LogP contribution is 2.07. The quantitative estimate of drug-likeness (QED) is 0.365. The fourth-order valence-corrected chi connectivity index (χ4v) is 1.46. The number of nitrogens with two attached hydrogens (primary N) is 2. The SMILES string of the molecule is CN=C(N)N/N=C(\C)c1ccc(/C(C)=N/NC(N)=NC)cc1.Cl. The van der Waals surface area contributed by atoms with Crippen LogP contribution in [0.5, 0.6) is 0 Å². The largest absolute Gasteiger partial charge is 0.369 e. The molecular weight excluding hydrogens is 316 g/mol. The Balaban J connectivity index is 0.00000484. The van der Waals surface area contributed by atoms with Gasteiger partial charge in [0.15, 0.2) is 0 Å². The van der Waals surface area contributed by atoms with E-state index in [1.807, 2.05) is 38.1 Å². The van der Waals surface area contributed by atoms with E-state index in [1.54, 1.807) is 14.1 Å². The van der Waals surface area contributed by atoms with Crippen LogP contribution >= 0.6 is 12.4 Å². The van der Waals surface area contributed by atoms with Crippen molar-refractivity contribution in [1.29, 1.82) is 0 Å². The van der Waals surface area contributed by atoms with Crippen LogP contribution in [-0.4, -0.2) is 37.4 Å². The summed E-state index contributed by atoms with van der Waals surface area (Å²) in [6.45, 7) is 3.76. The number of hydrogen-bond donors (Lipinski definition) is 4. The zero-order chi connectivity index (χ0) is 16.5. The van der Waals surface area contributed by atoms with E-state index in [0.717, 1.165) is 22.6 Å². The molecule has 23 heavy (non-hydrogen) atoms. The molecule has 0 amide bonds. The molecule has 0 fully saturated rings. The first-order valence-electron chi connectivity index (χ1n) is 6.63. The molecule has 6 N–H and O–H groups in total. The second kappa shape index (κ2) is 10.2. The molecule has 0 heterocycles. The zero-order valence-electron chi connectivity index (χ0n) is 13.7. The average molecular weight is 339 g/mol. The maximum Gasteiger partial charge on any atom is 0.209 e. The number of benzene rings is 1. The molecule has 0 spiro atoms. The van der Waals surface area contributed by atoms with E-state index < -0.39 is 0 Å². The number of hydrazone groups is 2. The highest BCUT2D eigenvalue weighted by Gasteiger charge is 2.01. The van der Waals surface area contributed by atoms with Gasteiger partial charge in [-0.05, 0) is 25.0 Å². The molecule has 0 unspecified atom stereocenters. The summed E-state index contributed by atoms with van der Waals surface area (Å²) in [6.07, 6.45) is 0. The van der Waals surface area contributed by atoms with Crippen molar-refractivity contribution in [2.75, 3.05) is 14.1 Å². The van der Waals surface area contributed by atoms with E-state index in [-0.39, 0.29) is 24.3 Å². The number of nitrogens with one attached hydrogen (secondary N) is 2. The third-order valence-electron chi connectivity index (χ3n) is 2.88. The Morgan fingerprint density at radius 1 is 0.783 bits per heavy atom. The molecule has 1 aromatic carbocycles. The van der Waals surface area contributed by atoms with Crippen LogP contribution in [0.3, 0.4) is 0 Å². The van der Waals surface area contributed by atoms with E-state index in [1.165, 1.54) is 0 Å². The van der Waals surface area contributed by atoms with Crippen molar-refractivity contribution < 1.29 is 0 Å². The van der Waals surface area contributed by atoms with Crippen molar-refractivity contribution in [3.63, 3.8) is 0 Å². The maximum atomic E-state index is 5.52. The molecule has 0 aliphatic heterocycles. The minimum Gasteiger partial charge on any atom is -0.369 e. The number of halogens is 1. The highest BCUT2D eigenvalue weighted by atomic mass is 35.5. The molecule has 0 atom stereocenters. The third-order valence-corrected chi connectivity index (χ3v) is 2.88. The van der Waals surface area contributed by atoms with E-state index in [4.69, 9.17) is 11.5 Å². The van der Waals surface area contributed by atoms with Gasteiger partial charge in [-0.3, -0.25) is 9.98 Å². The van der Waals surface area contributed by atoms with Gasteiger partial charge in [-0.25, -0.2) is 10.9 Å². The number of hydrogen-bond acceptors (Lipinski definition) is 4. The van der Waals surface area contributed by atoms with Gasteiger partial charge in [0.25, 0.3) is 0 Å². The molecule has 0 aliphatic carbocycles. The highest BCUT2D eigenvalue weighted by molar-refractivity contribution is 6.02. The van der Waals surface area contributed by atoms with Crippen molar-refractivity contribution >= 4 is 35.7 Å². The molecule has 0 radical (unpaired) electrons. The van der Waals surface area contributed by atoms with Crippen molar-refractivity contribution in [1.82, 2.24) is 10.9 Å². The Labute approximate surface area is 142 Å². The fourth-order valence-electron chi connectivity index (χ4n) is 1.46. The standard InChI is InChI=1S/C14H22N8.ClH/c1-9(19-21-13(15)17-3)11-5-7-12(8-6-11)10(2)20-22-14(16)18-4;/h5-8H,1-4H3,(H3,15,17,21)(H3,16,18,22);1H/b19-9+,20-10+;. The van der Waals surface area contributed by atoms with E-state index in [0.29, 0.717) is 0 Å². The summed E-state index contributed by atoms with van der Waals surface area (Å²) in [5.74, 6) is 0.528. The summed E-state index contributed by atoms with van der Waals surface area (Å²) in [5, 5.41) is 8.29. The van der Waals surface area contributed by atoms with Crippen molar-refractivity contribution in [3.05, 3.63) is 35.4 Å². The molecule has 1 rings (SSSR count). The predicted molar refractivity (Wildman–Crippen MR) is 99.5 cm³/mol.